The van der Waals surface area contributed by atoms with Gasteiger partial charge in [0.1, 0.15) is 12.1 Å². The van der Waals surface area contributed by atoms with E-state index in [9.17, 15) is 13.2 Å². The molecule has 2 aromatic heterocycles. The fourth-order valence-electron chi connectivity index (χ4n) is 4.67. The highest BCUT2D eigenvalue weighted by Crippen LogP contribution is 2.24. The summed E-state index contributed by atoms with van der Waals surface area (Å²) in [5.74, 6) is 0.336. The van der Waals surface area contributed by atoms with Crippen molar-refractivity contribution in [2.24, 2.45) is 0 Å². The summed E-state index contributed by atoms with van der Waals surface area (Å²) >= 11 is 6.08. The number of sulfonamides is 1. The number of benzene rings is 2. The van der Waals surface area contributed by atoms with Crippen molar-refractivity contribution >= 4 is 49.9 Å². The van der Waals surface area contributed by atoms with Gasteiger partial charge in [-0.25, -0.2) is 18.4 Å². The number of nitrogens with one attached hydrogen (secondary N) is 1. The third-order valence-corrected chi connectivity index (χ3v) is 8.19. The predicted octanol–water partition coefficient (Wildman–Crippen LogP) is 4.01. The molecule has 0 spiro atoms. The molecule has 0 bridgehead atoms. The van der Waals surface area contributed by atoms with Gasteiger partial charge in [-0.1, -0.05) is 11.6 Å². The minimum absolute atomic E-state index is 0.0318. The number of nitrogens with zero attached hydrogens (tertiary/aromatic N) is 5. The van der Waals surface area contributed by atoms with E-state index in [2.05, 4.69) is 24.2 Å². The Morgan fingerprint density at radius 3 is 2.65 bits per heavy atom. The van der Waals surface area contributed by atoms with Gasteiger partial charge in [-0.3, -0.25) is 9.52 Å². The molecule has 1 aliphatic rings. The molecule has 0 saturated carbocycles. The van der Waals surface area contributed by atoms with Crippen LogP contribution in [0.5, 0.6) is 0 Å². The second-order valence-corrected chi connectivity index (χ2v) is 11.2. The highest BCUT2D eigenvalue weighted by atomic mass is 35.5. The first-order valence-electron chi connectivity index (χ1n) is 12.0. The number of piperazine rings is 1. The van der Waals surface area contributed by atoms with E-state index in [1.807, 2.05) is 42.3 Å². The van der Waals surface area contributed by atoms with Gasteiger partial charge in [-0.2, -0.15) is 0 Å². The summed E-state index contributed by atoms with van der Waals surface area (Å²) in [6.45, 7) is 4.60. The molecule has 3 heterocycles. The molecule has 37 heavy (non-hydrogen) atoms. The summed E-state index contributed by atoms with van der Waals surface area (Å²) in [5, 5.41) is 1.76. The van der Waals surface area contributed by atoms with E-state index in [1.165, 1.54) is 18.6 Å². The minimum Gasteiger partial charge on any atom is -0.368 e. The maximum absolute atomic E-state index is 13.0. The molecule has 0 unspecified atom stereocenters. The van der Waals surface area contributed by atoms with Crippen molar-refractivity contribution in [2.45, 2.75) is 30.8 Å². The molecule has 5 rings (SSSR count). The van der Waals surface area contributed by atoms with E-state index in [4.69, 9.17) is 11.6 Å². The number of amides is 1. The minimum atomic E-state index is -3.75. The number of carbonyl (C=O) groups is 1. The number of hydrogen-bond donors (Lipinski definition) is 1. The molecule has 11 heteroatoms. The molecular weight excluding hydrogens is 512 g/mol. The lowest BCUT2D eigenvalue weighted by atomic mass is 10.1. The van der Waals surface area contributed by atoms with Crippen molar-refractivity contribution in [3.8, 4) is 0 Å². The van der Waals surface area contributed by atoms with Crippen LogP contribution >= 0.6 is 11.6 Å². The Hall–Kier alpha value is -3.63. The smallest absolute Gasteiger partial charge is 0.263 e. The number of anilines is 2. The van der Waals surface area contributed by atoms with Crippen LogP contribution in [-0.2, 0) is 21.4 Å². The summed E-state index contributed by atoms with van der Waals surface area (Å²) in [7, 11) is -3.75. The largest absolute Gasteiger partial charge is 0.368 e. The maximum Gasteiger partial charge on any atom is 0.263 e. The average molecular weight is 539 g/mol. The molecular formula is C26H27ClN6O3S. The van der Waals surface area contributed by atoms with E-state index in [1.54, 1.807) is 24.3 Å². The predicted molar refractivity (Wildman–Crippen MR) is 144 cm³/mol. The maximum atomic E-state index is 13.0. The summed E-state index contributed by atoms with van der Waals surface area (Å²) in [6.07, 6.45) is 5.16. The SMILES string of the molecule is C[C@@H]1CN(c2ccc(S(=O)(=O)Nc3ccncn3)cc2)CCN1C(=O)CCn1ccc2cc(Cl)ccc21. The Bertz CT molecular complexity index is 1510. The lowest BCUT2D eigenvalue weighted by molar-refractivity contribution is -0.133. The first kappa shape index (κ1) is 25.0. The van der Waals surface area contributed by atoms with Gasteiger partial charge in [0, 0.05) is 72.6 Å². The first-order chi connectivity index (χ1) is 17.8. The molecule has 4 aromatic rings. The summed E-state index contributed by atoms with van der Waals surface area (Å²) in [4.78, 5) is 25.0. The molecule has 0 aliphatic carbocycles. The van der Waals surface area contributed by atoms with Gasteiger partial charge in [0.15, 0.2) is 0 Å². The van der Waals surface area contributed by atoms with Crippen LogP contribution in [-0.4, -0.2) is 59.4 Å². The topological polar surface area (TPSA) is 100 Å². The van der Waals surface area contributed by atoms with Crippen LogP contribution in [0.3, 0.4) is 0 Å². The summed E-state index contributed by atoms with van der Waals surface area (Å²) in [5.41, 5.74) is 1.98. The van der Waals surface area contributed by atoms with Gasteiger partial charge in [-0.05, 0) is 61.5 Å². The van der Waals surface area contributed by atoms with E-state index in [-0.39, 0.29) is 22.7 Å². The van der Waals surface area contributed by atoms with Crippen molar-refractivity contribution in [2.75, 3.05) is 29.3 Å². The molecule has 192 valence electrons. The number of hydrogen-bond acceptors (Lipinski definition) is 6. The normalized spacial score (nSPS) is 16.2. The number of aryl methyl sites for hydroxylation is 1. The van der Waals surface area contributed by atoms with Gasteiger partial charge in [-0.15, -0.1) is 0 Å². The zero-order valence-electron chi connectivity index (χ0n) is 20.3. The van der Waals surface area contributed by atoms with Crippen LogP contribution in [0.2, 0.25) is 5.02 Å². The van der Waals surface area contributed by atoms with E-state index < -0.39 is 10.0 Å². The Morgan fingerprint density at radius 2 is 1.92 bits per heavy atom. The van der Waals surface area contributed by atoms with Crippen molar-refractivity contribution in [3.63, 3.8) is 0 Å². The van der Waals surface area contributed by atoms with Crippen LogP contribution in [0.4, 0.5) is 11.5 Å². The second kappa shape index (κ2) is 10.4. The van der Waals surface area contributed by atoms with Crippen molar-refractivity contribution in [1.82, 2.24) is 19.4 Å². The molecule has 9 nitrogen and oxygen atoms in total. The first-order valence-corrected chi connectivity index (χ1v) is 13.8. The number of fused-ring (bicyclic) bond motifs is 1. The third kappa shape index (κ3) is 5.55. The molecule has 1 saturated heterocycles. The van der Waals surface area contributed by atoms with Crippen LogP contribution in [0.25, 0.3) is 10.9 Å². The monoisotopic (exact) mass is 538 g/mol. The van der Waals surface area contributed by atoms with Crippen molar-refractivity contribution < 1.29 is 13.2 Å². The number of rotatable bonds is 7. The van der Waals surface area contributed by atoms with Gasteiger partial charge in [0.25, 0.3) is 10.0 Å². The molecule has 1 aliphatic heterocycles. The molecule has 1 atom stereocenters. The second-order valence-electron chi connectivity index (χ2n) is 9.04. The Morgan fingerprint density at radius 1 is 1.11 bits per heavy atom. The summed E-state index contributed by atoms with van der Waals surface area (Å²) in [6, 6.07) is 16.0. The fourth-order valence-corrected chi connectivity index (χ4v) is 5.86. The summed E-state index contributed by atoms with van der Waals surface area (Å²) < 4.78 is 29.8. The van der Waals surface area contributed by atoms with E-state index >= 15 is 0 Å². The number of aromatic nitrogens is 3. The van der Waals surface area contributed by atoms with Crippen LogP contribution in [0.15, 0.2) is 78.2 Å². The van der Waals surface area contributed by atoms with Gasteiger partial charge < -0.3 is 14.4 Å². The van der Waals surface area contributed by atoms with Gasteiger partial charge in [0.05, 0.1) is 4.90 Å². The van der Waals surface area contributed by atoms with Gasteiger partial charge >= 0.3 is 0 Å². The third-order valence-electron chi connectivity index (χ3n) is 6.58. The van der Waals surface area contributed by atoms with Crippen molar-refractivity contribution in [1.29, 1.82) is 0 Å². The molecule has 1 fully saturated rings. The average Bonchev–Trinajstić information content (AvgIpc) is 3.29. The van der Waals surface area contributed by atoms with Crippen molar-refractivity contribution in [3.05, 3.63) is 78.3 Å². The molecule has 1 amide bonds. The molecule has 0 radical (unpaired) electrons. The van der Waals surface area contributed by atoms with Gasteiger partial charge in [0.2, 0.25) is 5.91 Å². The van der Waals surface area contributed by atoms with Crippen LogP contribution in [0, 0.1) is 0 Å². The van der Waals surface area contributed by atoms with Crippen LogP contribution in [0.1, 0.15) is 13.3 Å². The fraction of sp³-hybridized carbons (Fsp3) is 0.269. The van der Waals surface area contributed by atoms with E-state index in [0.29, 0.717) is 37.6 Å². The Kier molecular flexibility index (Phi) is 7.03. The highest BCUT2D eigenvalue weighted by Gasteiger charge is 2.27. The zero-order valence-corrected chi connectivity index (χ0v) is 21.9. The molecule has 1 N–H and O–H groups in total. The quantitative estimate of drug-likeness (QED) is 0.381. The Labute approximate surface area is 220 Å². The highest BCUT2D eigenvalue weighted by molar-refractivity contribution is 7.92. The standard InChI is InChI=1S/C26H27ClN6O3S/c1-19-17-32(22-3-5-23(6-4-22)37(35,36)30-25-8-11-28-18-29-25)14-15-33(19)26(34)10-13-31-12-9-20-16-21(27)2-7-24(20)31/h2-9,11-12,16,18-19H,10,13-15,17H2,1H3,(H,28,29,30)/t19-/m1/s1. The lowest BCUT2D eigenvalue weighted by Crippen LogP contribution is -2.54. The van der Waals surface area contributed by atoms with E-state index in [0.717, 1.165) is 16.6 Å². The molecule has 2 aromatic carbocycles. The zero-order chi connectivity index (χ0) is 26.0. The Balaban J connectivity index is 1.18. The van der Waals surface area contributed by atoms with Crippen LogP contribution < -0.4 is 9.62 Å². The number of carbonyl (C=O) groups excluding carboxylic acids is 1. The number of halogens is 1. The lowest BCUT2D eigenvalue weighted by Gasteiger charge is -2.41.